The fourth-order valence-corrected chi connectivity index (χ4v) is 1.18. The van der Waals surface area contributed by atoms with Gasteiger partial charge in [0.15, 0.2) is 0 Å². The minimum absolute atomic E-state index is 0.131. The zero-order valence-corrected chi connectivity index (χ0v) is 11.2. The van der Waals surface area contributed by atoms with Crippen molar-refractivity contribution in [2.75, 3.05) is 26.0 Å². The van der Waals surface area contributed by atoms with Gasteiger partial charge in [0.2, 0.25) is 5.91 Å². The van der Waals surface area contributed by atoms with Gasteiger partial charge >= 0.3 is 5.97 Å². The highest BCUT2D eigenvalue weighted by Crippen LogP contribution is 2.09. The van der Waals surface area contributed by atoms with Crippen molar-refractivity contribution < 1.29 is 14.7 Å². The molecule has 1 rings (SSSR count). The fraction of sp³-hybridized carbons (Fsp3) is 0.385. The third-order valence-electron chi connectivity index (χ3n) is 1.88. The second kappa shape index (κ2) is 8.25. The molecule has 0 aliphatic heterocycles. The van der Waals surface area contributed by atoms with Crippen LogP contribution in [0, 0.1) is 0 Å². The molecule has 0 aromatic heterocycles. The molecule has 0 heterocycles. The van der Waals surface area contributed by atoms with Gasteiger partial charge in [0.05, 0.1) is 12.1 Å². The molecule has 1 aromatic rings. The number of anilines is 1. The molecule has 5 heteroatoms. The zero-order chi connectivity index (χ0) is 14.1. The predicted octanol–water partition coefficient (Wildman–Crippen LogP) is 1.91. The van der Waals surface area contributed by atoms with Crippen LogP contribution < -0.4 is 5.32 Å². The van der Waals surface area contributed by atoms with Crippen molar-refractivity contribution in [1.82, 2.24) is 4.90 Å². The van der Waals surface area contributed by atoms with Gasteiger partial charge in [-0.3, -0.25) is 4.79 Å². The average molecular weight is 252 g/mol. The van der Waals surface area contributed by atoms with E-state index in [0.717, 1.165) is 0 Å². The molecule has 1 aromatic carbocycles. The van der Waals surface area contributed by atoms with Crippen LogP contribution in [0.5, 0.6) is 0 Å². The number of nitrogens with zero attached hydrogens (tertiary/aromatic N) is 1. The Balaban J connectivity index is 0.00000137. The van der Waals surface area contributed by atoms with Crippen molar-refractivity contribution >= 4 is 17.6 Å². The van der Waals surface area contributed by atoms with E-state index in [0.29, 0.717) is 12.2 Å². The van der Waals surface area contributed by atoms with Crippen LogP contribution in [-0.4, -0.2) is 42.5 Å². The number of amides is 1. The van der Waals surface area contributed by atoms with Crippen LogP contribution in [0.25, 0.3) is 0 Å². The minimum Gasteiger partial charge on any atom is -0.478 e. The number of hydrogen-bond acceptors (Lipinski definition) is 3. The van der Waals surface area contributed by atoms with Crippen LogP contribution in [0.15, 0.2) is 24.3 Å². The van der Waals surface area contributed by atoms with Crippen molar-refractivity contribution in [3.05, 3.63) is 29.8 Å². The maximum Gasteiger partial charge on any atom is 0.335 e. The molecule has 0 saturated heterocycles. The smallest absolute Gasteiger partial charge is 0.335 e. The molecule has 0 atom stereocenters. The highest BCUT2D eigenvalue weighted by atomic mass is 16.4. The molecule has 0 aliphatic rings. The van der Waals surface area contributed by atoms with Gasteiger partial charge in [0, 0.05) is 5.69 Å². The van der Waals surface area contributed by atoms with Crippen LogP contribution in [0.3, 0.4) is 0 Å². The normalized spacial score (nSPS) is 9.39. The summed E-state index contributed by atoms with van der Waals surface area (Å²) in [4.78, 5) is 23.7. The Bertz CT molecular complexity index is 386. The van der Waals surface area contributed by atoms with Crippen molar-refractivity contribution in [3.8, 4) is 0 Å². The lowest BCUT2D eigenvalue weighted by atomic mass is 10.2. The maximum atomic E-state index is 11.4. The Labute approximate surface area is 107 Å². The Morgan fingerprint density at radius 3 is 2.06 bits per heavy atom. The van der Waals surface area contributed by atoms with E-state index in [9.17, 15) is 9.59 Å². The largest absolute Gasteiger partial charge is 0.478 e. The molecule has 0 spiro atoms. The number of rotatable bonds is 4. The summed E-state index contributed by atoms with van der Waals surface area (Å²) in [6, 6.07) is 6.04. The monoisotopic (exact) mass is 252 g/mol. The lowest BCUT2D eigenvalue weighted by Gasteiger charge is -2.09. The number of carboxylic acids is 1. The Morgan fingerprint density at radius 1 is 1.17 bits per heavy atom. The van der Waals surface area contributed by atoms with E-state index < -0.39 is 5.97 Å². The molecule has 100 valence electrons. The van der Waals surface area contributed by atoms with E-state index in [1.165, 1.54) is 12.1 Å². The van der Waals surface area contributed by atoms with Crippen LogP contribution >= 0.6 is 0 Å². The van der Waals surface area contributed by atoms with E-state index in [1.807, 2.05) is 13.8 Å². The van der Waals surface area contributed by atoms with Crippen LogP contribution in [0.1, 0.15) is 24.2 Å². The second-order valence-electron chi connectivity index (χ2n) is 3.67. The highest BCUT2D eigenvalue weighted by molar-refractivity contribution is 5.93. The first kappa shape index (κ1) is 16.1. The third-order valence-corrected chi connectivity index (χ3v) is 1.88. The number of carboxylic acid groups (broad SMARTS) is 1. The SMILES string of the molecule is CC.CN(C)CC(=O)Nc1ccc(C(=O)O)cc1. The summed E-state index contributed by atoms with van der Waals surface area (Å²) in [6.45, 7) is 4.29. The van der Waals surface area contributed by atoms with Gasteiger partial charge in [-0.15, -0.1) is 0 Å². The summed E-state index contributed by atoms with van der Waals surface area (Å²) in [5, 5.41) is 11.3. The van der Waals surface area contributed by atoms with E-state index in [-0.39, 0.29) is 11.5 Å². The van der Waals surface area contributed by atoms with E-state index >= 15 is 0 Å². The minimum atomic E-state index is -0.980. The average Bonchev–Trinajstić information content (AvgIpc) is 2.31. The molecule has 0 fully saturated rings. The topological polar surface area (TPSA) is 69.6 Å². The van der Waals surface area contributed by atoms with Gasteiger partial charge in [-0.1, -0.05) is 13.8 Å². The number of benzene rings is 1. The maximum absolute atomic E-state index is 11.4. The van der Waals surface area contributed by atoms with Gasteiger partial charge in [-0.25, -0.2) is 4.79 Å². The van der Waals surface area contributed by atoms with Gasteiger partial charge in [0.25, 0.3) is 0 Å². The molecule has 0 unspecified atom stereocenters. The first-order chi connectivity index (χ1) is 8.49. The van der Waals surface area contributed by atoms with Crippen molar-refractivity contribution in [2.45, 2.75) is 13.8 Å². The molecule has 0 radical (unpaired) electrons. The lowest BCUT2D eigenvalue weighted by Crippen LogP contribution is -2.27. The van der Waals surface area contributed by atoms with Gasteiger partial charge < -0.3 is 15.3 Å². The van der Waals surface area contributed by atoms with E-state index in [2.05, 4.69) is 5.32 Å². The zero-order valence-electron chi connectivity index (χ0n) is 11.2. The predicted molar refractivity (Wildman–Crippen MR) is 71.9 cm³/mol. The molecule has 1 amide bonds. The second-order valence-corrected chi connectivity index (χ2v) is 3.67. The molecule has 18 heavy (non-hydrogen) atoms. The molecular formula is C13H20N2O3. The summed E-state index contributed by atoms with van der Waals surface area (Å²) in [7, 11) is 3.60. The fourth-order valence-electron chi connectivity index (χ4n) is 1.18. The number of hydrogen-bond donors (Lipinski definition) is 2. The first-order valence-electron chi connectivity index (χ1n) is 5.77. The van der Waals surface area contributed by atoms with Crippen LogP contribution in [0.2, 0.25) is 0 Å². The molecule has 2 N–H and O–H groups in total. The third kappa shape index (κ3) is 6.00. The molecule has 5 nitrogen and oxygen atoms in total. The van der Waals surface area contributed by atoms with Gasteiger partial charge in [0.1, 0.15) is 0 Å². The molecule has 0 aliphatic carbocycles. The summed E-state index contributed by atoms with van der Waals surface area (Å²) in [5.74, 6) is -1.11. The van der Waals surface area contributed by atoms with Crippen molar-refractivity contribution in [2.24, 2.45) is 0 Å². The number of carbonyl (C=O) groups is 2. The van der Waals surface area contributed by atoms with Gasteiger partial charge in [-0.05, 0) is 38.4 Å². The van der Waals surface area contributed by atoms with Crippen LogP contribution in [-0.2, 0) is 4.79 Å². The summed E-state index contributed by atoms with van der Waals surface area (Å²) in [5.41, 5.74) is 0.794. The Hall–Kier alpha value is -1.88. The summed E-state index contributed by atoms with van der Waals surface area (Å²) < 4.78 is 0. The van der Waals surface area contributed by atoms with E-state index in [4.69, 9.17) is 5.11 Å². The standard InChI is InChI=1S/C11H14N2O3.C2H6/c1-13(2)7-10(14)12-9-5-3-8(4-6-9)11(15)16;1-2/h3-6H,7H2,1-2H3,(H,12,14)(H,15,16);1-2H3. The quantitative estimate of drug-likeness (QED) is 0.858. The number of aromatic carboxylic acids is 1. The van der Waals surface area contributed by atoms with Crippen molar-refractivity contribution in [1.29, 1.82) is 0 Å². The number of nitrogens with one attached hydrogen (secondary N) is 1. The van der Waals surface area contributed by atoms with Crippen molar-refractivity contribution in [3.63, 3.8) is 0 Å². The molecular weight excluding hydrogens is 232 g/mol. The molecule has 0 saturated carbocycles. The van der Waals surface area contributed by atoms with Crippen LogP contribution in [0.4, 0.5) is 5.69 Å². The first-order valence-corrected chi connectivity index (χ1v) is 5.77. The number of likely N-dealkylation sites (N-methyl/N-ethyl adjacent to an activating group) is 1. The van der Waals surface area contributed by atoms with Gasteiger partial charge in [-0.2, -0.15) is 0 Å². The summed E-state index contributed by atoms with van der Waals surface area (Å²) >= 11 is 0. The summed E-state index contributed by atoms with van der Waals surface area (Å²) in [6.07, 6.45) is 0. The number of carbonyl (C=O) groups excluding carboxylic acids is 1. The Morgan fingerprint density at radius 2 is 1.67 bits per heavy atom. The lowest BCUT2D eigenvalue weighted by molar-refractivity contribution is -0.116. The Kier molecular flexibility index (Phi) is 7.38. The highest BCUT2D eigenvalue weighted by Gasteiger charge is 2.05. The molecule has 0 bridgehead atoms. The van der Waals surface area contributed by atoms with E-state index in [1.54, 1.807) is 31.1 Å².